The van der Waals surface area contributed by atoms with Crippen molar-refractivity contribution in [3.8, 4) is 0 Å². The van der Waals surface area contributed by atoms with Gasteiger partial charge in [-0.3, -0.25) is 10.1 Å². The second-order valence-electron chi connectivity index (χ2n) is 6.31. The van der Waals surface area contributed by atoms with E-state index in [9.17, 15) is 14.4 Å². The van der Waals surface area contributed by atoms with E-state index in [1.807, 2.05) is 19.2 Å². The minimum absolute atomic E-state index is 0.287. The van der Waals surface area contributed by atoms with Gasteiger partial charge in [0.25, 0.3) is 5.91 Å². The van der Waals surface area contributed by atoms with Crippen LogP contribution in [0.5, 0.6) is 0 Å². The van der Waals surface area contributed by atoms with Gasteiger partial charge in [-0.2, -0.15) is 0 Å². The average molecular weight is 321 g/mol. The van der Waals surface area contributed by atoms with Crippen molar-refractivity contribution >= 4 is 17.9 Å². The highest BCUT2D eigenvalue weighted by molar-refractivity contribution is 5.98. The number of carbonyl (C=O) groups is 3. The van der Waals surface area contributed by atoms with Gasteiger partial charge < -0.3 is 15.0 Å². The zero-order valence-electron chi connectivity index (χ0n) is 13.9. The number of hydrogen-bond acceptors (Lipinski definition) is 4. The highest BCUT2D eigenvalue weighted by atomic mass is 16.5. The van der Waals surface area contributed by atoms with E-state index in [-0.39, 0.29) is 5.92 Å². The second kappa shape index (κ2) is 6.44. The fourth-order valence-electron chi connectivity index (χ4n) is 2.74. The first kappa shape index (κ1) is 17.1. The van der Waals surface area contributed by atoms with Gasteiger partial charge in [0.05, 0.1) is 5.56 Å². The minimum Gasteiger partial charge on any atom is -0.448 e. The standard InChI is InChI=1S/C16H23N3O4/c1-8(2)13(14(20)18-16(17)22)23-15(21)12-7-9(3)19(10(12)4)11-5-6-11/h7-8,11,13H,5-6H2,1-4H3,(H3,17,18,20,22)/t13-/m1/s1. The molecule has 1 aromatic rings. The summed E-state index contributed by atoms with van der Waals surface area (Å²) in [5, 5.41) is 1.96. The van der Waals surface area contributed by atoms with Crippen molar-refractivity contribution in [1.29, 1.82) is 0 Å². The third-order valence-electron chi connectivity index (χ3n) is 3.96. The highest BCUT2D eigenvalue weighted by Gasteiger charge is 2.32. The van der Waals surface area contributed by atoms with Crippen molar-refractivity contribution in [2.75, 3.05) is 0 Å². The zero-order valence-corrected chi connectivity index (χ0v) is 13.9. The summed E-state index contributed by atoms with van der Waals surface area (Å²) >= 11 is 0. The molecule has 1 aromatic heterocycles. The lowest BCUT2D eigenvalue weighted by Gasteiger charge is -2.19. The van der Waals surface area contributed by atoms with E-state index in [1.165, 1.54) is 0 Å². The van der Waals surface area contributed by atoms with Gasteiger partial charge in [-0.05, 0) is 38.7 Å². The largest absolute Gasteiger partial charge is 0.448 e. The smallest absolute Gasteiger partial charge is 0.340 e. The summed E-state index contributed by atoms with van der Waals surface area (Å²) in [6.45, 7) is 7.27. The first-order chi connectivity index (χ1) is 10.7. The van der Waals surface area contributed by atoms with Crippen LogP contribution >= 0.6 is 0 Å². The number of urea groups is 1. The summed E-state index contributed by atoms with van der Waals surface area (Å²) in [6.07, 6.45) is 1.15. The highest BCUT2D eigenvalue weighted by Crippen LogP contribution is 2.38. The van der Waals surface area contributed by atoms with Gasteiger partial charge in [0.15, 0.2) is 6.10 Å². The summed E-state index contributed by atoms with van der Waals surface area (Å²) < 4.78 is 7.47. The Bertz CT molecular complexity index is 644. The minimum atomic E-state index is -1.07. The number of aromatic nitrogens is 1. The molecule has 1 saturated carbocycles. The Hall–Kier alpha value is -2.31. The summed E-state index contributed by atoms with van der Waals surface area (Å²) in [5.74, 6) is -1.56. The maximum atomic E-state index is 12.4. The van der Waals surface area contributed by atoms with Crippen molar-refractivity contribution < 1.29 is 19.1 Å². The van der Waals surface area contributed by atoms with Crippen LogP contribution in [0.3, 0.4) is 0 Å². The van der Waals surface area contributed by atoms with Crippen LogP contribution in [0.1, 0.15) is 54.5 Å². The van der Waals surface area contributed by atoms with Gasteiger partial charge in [0, 0.05) is 17.4 Å². The maximum absolute atomic E-state index is 12.4. The van der Waals surface area contributed by atoms with Gasteiger partial charge >= 0.3 is 12.0 Å². The monoisotopic (exact) mass is 321 g/mol. The second-order valence-corrected chi connectivity index (χ2v) is 6.31. The topological polar surface area (TPSA) is 103 Å². The Morgan fingerprint density at radius 3 is 2.39 bits per heavy atom. The average Bonchev–Trinajstić information content (AvgIpc) is 3.20. The van der Waals surface area contributed by atoms with Gasteiger partial charge in [0.2, 0.25) is 0 Å². The van der Waals surface area contributed by atoms with E-state index in [0.29, 0.717) is 11.6 Å². The normalized spacial score (nSPS) is 15.3. The van der Waals surface area contributed by atoms with Crippen LogP contribution < -0.4 is 11.1 Å². The molecule has 1 fully saturated rings. The van der Waals surface area contributed by atoms with Crippen LogP contribution in [-0.2, 0) is 9.53 Å². The number of ether oxygens (including phenoxy) is 1. The number of esters is 1. The van der Waals surface area contributed by atoms with Gasteiger partial charge in [-0.15, -0.1) is 0 Å². The molecule has 1 aliphatic rings. The van der Waals surface area contributed by atoms with Crippen LogP contribution in [0.15, 0.2) is 6.07 Å². The number of amides is 3. The Balaban J connectivity index is 2.17. The van der Waals surface area contributed by atoms with E-state index in [0.717, 1.165) is 24.2 Å². The Kier molecular flexibility index (Phi) is 4.77. The predicted octanol–water partition coefficient (Wildman–Crippen LogP) is 1.82. The number of primary amides is 1. The van der Waals surface area contributed by atoms with E-state index in [2.05, 4.69) is 4.57 Å². The van der Waals surface area contributed by atoms with E-state index in [4.69, 9.17) is 10.5 Å². The summed E-state index contributed by atoms with van der Waals surface area (Å²) in [7, 11) is 0. The molecule has 1 atom stereocenters. The molecule has 0 spiro atoms. The van der Waals surface area contributed by atoms with Gasteiger partial charge in [-0.1, -0.05) is 13.8 Å². The molecule has 0 aliphatic heterocycles. The molecule has 3 amide bonds. The molecule has 126 valence electrons. The third kappa shape index (κ3) is 3.72. The number of hydrogen-bond donors (Lipinski definition) is 2. The molecule has 23 heavy (non-hydrogen) atoms. The van der Waals surface area contributed by atoms with E-state index < -0.39 is 24.0 Å². The molecule has 3 N–H and O–H groups in total. The van der Waals surface area contributed by atoms with Crippen LogP contribution in [0.25, 0.3) is 0 Å². The van der Waals surface area contributed by atoms with E-state index >= 15 is 0 Å². The van der Waals surface area contributed by atoms with Crippen molar-refractivity contribution in [2.45, 2.75) is 52.7 Å². The zero-order chi connectivity index (χ0) is 17.3. The Morgan fingerprint density at radius 2 is 1.91 bits per heavy atom. The van der Waals surface area contributed by atoms with Crippen molar-refractivity contribution in [3.05, 3.63) is 23.0 Å². The number of rotatable bonds is 5. The van der Waals surface area contributed by atoms with Crippen molar-refractivity contribution in [1.82, 2.24) is 9.88 Å². The van der Waals surface area contributed by atoms with Crippen LogP contribution in [0.4, 0.5) is 4.79 Å². The van der Waals surface area contributed by atoms with Gasteiger partial charge in [-0.25, -0.2) is 9.59 Å². The number of nitrogens with one attached hydrogen (secondary N) is 1. The first-order valence-corrected chi connectivity index (χ1v) is 7.72. The number of aryl methyl sites for hydroxylation is 1. The van der Waals surface area contributed by atoms with Crippen LogP contribution in [0.2, 0.25) is 0 Å². The molecular formula is C16H23N3O4. The molecule has 1 aliphatic carbocycles. The SMILES string of the molecule is Cc1cc(C(=O)O[C@@H](C(=O)NC(N)=O)C(C)C)c(C)n1C1CC1. The number of nitrogens with zero attached hydrogens (tertiary/aromatic N) is 1. The lowest BCUT2D eigenvalue weighted by Crippen LogP contribution is -2.45. The van der Waals surface area contributed by atoms with Crippen LogP contribution in [-0.4, -0.2) is 28.6 Å². The quantitative estimate of drug-likeness (QED) is 0.807. The lowest BCUT2D eigenvalue weighted by atomic mass is 10.1. The van der Waals surface area contributed by atoms with Crippen molar-refractivity contribution in [2.24, 2.45) is 11.7 Å². The molecule has 0 unspecified atom stereocenters. The number of imide groups is 1. The first-order valence-electron chi connectivity index (χ1n) is 7.72. The predicted molar refractivity (Wildman–Crippen MR) is 83.9 cm³/mol. The summed E-state index contributed by atoms with van der Waals surface area (Å²) in [6, 6.07) is 1.26. The van der Waals surface area contributed by atoms with Crippen LogP contribution in [0, 0.1) is 19.8 Å². The Labute approximate surface area is 135 Å². The summed E-state index contributed by atoms with van der Waals surface area (Å²) in [5.41, 5.74) is 7.24. The molecule has 1 heterocycles. The van der Waals surface area contributed by atoms with Crippen molar-refractivity contribution in [3.63, 3.8) is 0 Å². The summed E-state index contributed by atoms with van der Waals surface area (Å²) in [4.78, 5) is 35.2. The molecule has 0 saturated heterocycles. The molecular weight excluding hydrogens is 298 g/mol. The lowest BCUT2D eigenvalue weighted by molar-refractivity contribution is -0.130. The van der Waals surface area contributed by atoms with E-state index in [1.54, 1.807) is 19.9 Å². The fourth-order valence-corrected chi connectivity index (χ4v) is 2.74. The molecule has 7 heteroatoms. The number of nitrogens with two attached hydrogens (primary N) is 1. The molecule has 0 bridgehead atoms. The van der Waals surface area contributed by atoms with Gasteiger partial charge in [0.1, 0.15) is 0 Å². The third-order valence-corrected chi connectivity index (χ3v) is 3.96. The fraction of sp³-hybridized carbons (Fsp3) is 0.562. The Morgan fingerprint density at radius 1 is 1.30 bits per heavy atom. The number of carbonyl (C=O) groups excluding carboxylic acids is 3. The molecule has 0 radical (unpaired) electrons. The molecule has 0 aromatic carbocycles. The maximum Gasteiger partial charge on any atom is 0.340 e. The molecule has 7 nitrogen and oxygen atoms in total. The molecule has 2 rings (SSSR count).